The molecule has 0 spiro atoms. The highest BCUT2D eigenvalue weighted by Crippen LogP contribution is 2.06. The molecule has 0 fully saturated rings. The van der Waals surface area contributed by atoms with Gasteiger partial charge in [0.25, 0.3) is 5.91 Å². The monoisotopic (exact) mass is 367 g/mol. The van der Waals surface area contributed by atoms with Crippen LogP contribution in [-0.2, 0) is 12.8 Å². The van der Waals surface area contributed by atoms with E-state index in [2.05, 4.69) is 39.8 Å². The number of carbonyl (C=O) groups is 1. The van der Waals surface area contributed by atoms with E-state index in [0.29, 0.717) is 12.1 Å². The number of hydrogen-bond donors (Lipinski definition) is 3. The Balaban J connectivity index is 1.87. The highest BCUT2D eigenvalue weighted by Gasteiger charge is 2.04. The summed E-state index contributed by atoms with van der Waals surface area (Å²) in [6.07, 6.45) is 5.41. The number of aromatic nitrogens is 1. The average Bonchev–Trinajstić information content (AvgIpc) is 2.69. The summed E-state index contributed by atoms with van der Waals surface area (Å²) in [5, 5.41) is 9.28. The minimum absolute atomic E-state index is 0.0638. The van der Waals surface area contributed by atoms with Crippen molar-refractivity contribution in [1.82, 2.24) is 20.9 Å². The molecule has 0 bridgehead atoms. The van der Waals surface area contributed by atoms with Gasteiger partial charge in [-0.15, -0.1) is 0 Å². The number of aryl methyl sites for hydroxylation is 1. The molecule has 0 aliphatic heterocycles. The summed E-state index contributed by atoms with van der Waals surface area (Å²) in [7, 11) is 1.64. The van der Waals surface area contributed by atoms with Crippen molar-refractivity contribution in [3.8, 4) is 0 Å². The zero-order valence-corrected chi connectivity index (χ0v) is 16.4. The summed E-state index contributed by atoms with van der Waals surface area (Å²) in [5.74, 6) is 0.748. The summed E-state index contributed by atoms with van der Waals surface area (Å²) < 4.78 is 0. The van der Waals surface area contributed by atoms with Crippen LogP contribution in [0, 0.1) is 6.92 Å². The normalized spacial score (nSPS) is 11.1. The van der Waals surface area contributed by atoms with Gasteiger partial charge in [0.1, 0.15) is 0 Å². The second-order valence-corrected chi connectivity index (χ2v) is 6.27. The van der Waals surface area contributed by atoms with Crippen LogP contribution in [0.1, 0.15) is 34.0 Å². The van der Waals surface area contributed by atoms with Crippen molar-refractivity contribution in [3.05, 3.63) is 65.0 Å². The van der Waals surface area contributed by atoms with Crippen LogP contribution < -0.4 is 16.0 Å². The van der Waals surface area contributed by atoms with Crippen molar-refractivity contribution in [2.75, 3.05) is 26.7 Å². The van der Waals surface area contributed by atoms with E-state index in [4.69, 9.17) is 0 Å². The van der Waals surface area contributed by atoms with Crippen molar-refractivity contribution in [1.29, 1.82) is 0 Å². The molecular formula is C21H29N5O. The molecule has 0 atom stereocenters. The fraction of sp³-hybridized carbons (Fsp3) is 0.381. The van der Waals surface area contributed by atoms with Crippen LogP contribution in [0.5, 0.6) is 0 Å². The summed E-state index contributed by atoms with van der Waals surface area (Å²) in [5.41, 5.74) is 4.27. The number of carbonyl (C=O) groups excluding carboxylic acids is 1. The van der Waals surface area contributed by atoms with Gasteiger partial charge in [-0.2, -0.15) is 0 Å². The van der Waals surface area contributed by atoms with E-state index in [1.807, 2.05) is 42.7 Å². The Bertz CT molecular complexity index is 773. The largest absolute Gasteiger partial charge is 0.357 e. The fourth-order valence-electron chi connectivity index (χ4n) is 2.75. The number of amides is 1. The van der Waals surface area contributed by atoms with E-state index in [9.17, 15) is 4.79 Å². The zero-order chi connectivity index (χ0) is 19.5. The second kappa shape index (κ2) is 11.0. The standard InChI is InChI=1S/C21H29N5O/c1-4-24-21(26-13-10-18-9-11-23-15-16(18)2)25-12-8-17-6-5-7-19(14-17)20(27)22-3/h5-7,9,11,14-15H,4,8,10,12-13H2,1-3H3,(H,22,27)(H2,24,25,26). The van der Waals surface area contributed by atoms with Crippen LogP contribution in [0.2, 0.25) is 0 Å². The Hall–Kier alpha value is -2.89. The summed E-state index contributed by atoms with van der Waals surface area (Å²) in [4.78, 5) is 20.5. The first-order valence-electron chi connectivity index (χ1n) is 9.36. The third-order valence-corrected chi connectivity index (χ3v) is 4.25. The minimum atomic E-state index is -0.0638. The first-order chi connectivity index (χ1) is 13.1. The molecule has 0 saturated carbocycles. The Kier molecular flexibility index (Phi) is 8.29. The molecule has 1 heterocycles. The van der Waals surface area contributed by atoms with Gasteiger partial charge in [0, 0.05) is 44.6 Å². The van der Waals surface area contributed by atoms with Crippen molar-refractivity contribution in [2.45, 2.75) is 26.7 Å². The maximum atomic E-state index is 11.7. The lowest BCUT2D eigenvalue weighted by atomic mass is 10.1. The number of guanidine groups is 1. The van der Waals surface area contributed by atoms with Gasteiger partial charge in [0.15, 0.2) is 5.96 Å². The van der Waals surface area contributed by atoms with Gasteiger partial charge in [0.2, 0.25) is 0 Å². The molecule has 0 aliphatic rings. The SMILES string of the molecule is CCNC(=NCCc1ccncc1C)NCCc1cccc(C(=O)NC)c1. The highest BCUT2D eigenvalue weighted by molar-refractivity contribution is 5.94. The maximum absolute atomic E-state index is 11.7. The van der Waals surface area contributed by atoms with Crippen molar-refractivity contribution < 1.29 is 4.79 Å². The van der Waals surface area contributed by atoms with Gasteiger partial charge >= 0.3 is 0 Å². The van der Waals surface area contributed by atoms with Crippen molar-refractivity contribution >= 4 is 11.9 Å². The van der Waals surface area contributed by atoms with E-state index in [1.165, 1.54) is 11.1 Å². The van der Waals surface area contributed by atoms with E-state index >= 15 is 0 Å². The highest BCUT2D eigenvalue weighted by atomic mass is 16.1. The van der Waals surface area contributed by atoms with Crippen molar-refractivity contribution in [2.24, 2.45) is 4.99 Å². The predicted octanol–water partition coefficient (Wildman–Crippen LogP) is 2.09. The first kappa shape index (κ1) is 20.4. The Labute approximate surface area is 161 Å². The molecule has 0 unspecified atom stereocenters. The number of aliphatic imine (C=N–C) groups is 1. The molecule has 27 heavy (non-hydrogen) atoms. The Morgan fingerprint density at radius 1 is 1.19 bits per heavy atom. The van der Waals surface area contributed by atoms with E-state index in [0.717, 1.165) is 37.5 Å². The topological polar surface area (TPSA) is 78.4 Å². The van der Waals surface area contributed by atoms with Gasteiger partial charge in [0.05, 0.1) is 0 Å². The molecule has 0 radical (unpaired) electrons. The van der Waals surface area contributed by atoms with Gasteiger partial charge in [-0.25, -0.2) is 0 Å². The molecule has 2 aromatic rings. The van der Waals surface area contributed by atoms with Gasteiger partial charge in [-0.3, -0.25) is 14.8 Å². The smallest absolute Gasteiger partial charge is 0.251 e. The molecular weight excluding hydrogens is 338 g/mol. The average molecular weight is 367 g/mol. The van der Waals surface area contributed by atoms with Crippen LogP contribution in [-0.4, -0.2) is 43.5 Å². The molecule has 0 aliphatic carbocycles. The number of benzene rings is 1. The first-order valence-corrected chi connectivity index (χ1v) is 9.36. The second-order valence-electron chi connectivity index (χ2n) is 6.27. The minimum Gasteiger partial charge on any atom is -0.357 e. The number of nitrogens with zero attached hydrogens (tertiary/aromatic N) is 2. The van der Waals surface area contributed by atoms with Gasteiger partial charge < -0.3 is 16.0 Å². The third kappa shape index (κ3) is 6.73. The Morgan fingerprint density at radius 2 is 2.04 bits per heavy atom. The molecule has 1 aromatic heterocycles. The summed E-state index contributed by atoms with van der Waals surface area (Å²) in [6, 6.07) is 9.74. The number of hydrogen-bond acceptors (Lipinski definition) is 3. The molecule has 0 saturated heterocycles. The lowest BCUT2D eigenvalue weighted by Crippen LogP contribution is -2.38. The van der Waals surface area contributed by atoms with E-state index in [1.54, 1.807) is 7.05 Å². The zero-order valence-electron chi connectivity index (χ0n) is 16.4. The van der Waals surface area contributed by atoms with Crippen LogP contribution >= 0.6 is 0 Å². The van der Waals surface area contributed by atoms with Gasteiger partial charge in [-0.1, -0.05) is 12.1 Å². The van der Waals surface area contributed by atoms with Crippen LogP contribution in [0.3, 0.4) is 0 Å². The van der Waals surface area contributed by atoms with Crippen LogP contribution in [0.15, 0.2) is 47.7 Å². The number of rotatable bonds is 8. The molecule has 1 amide bonds. The summed E-state index contributed by atoms with van der Waals surface area (Å²) in [6.45, 7) is 6.40. The van der Waals surface area contributed by atoms with Crippen LogP contribution in [0.4, 0.5) is 0 Å². The Morgan fingerprint density at radius 3 is 2.78 bits per heavy atom. The molecule has 6 heteroatoms. The number of pyridine rings is 1. The molecule has 3 N–H and O–H groups in total. The molecule has 6 nitrogen and oxygen atoms in total. The third-order valence-electron chi connectivity index (χ3n) is 4.25. The fourth-order valence-corrected chi connectivity index (χ4v) is 2.75. The lowest BCUT2D eigenvalue weighted by Gasteiger charge is -2.12. The van der Waals surface area contributed by atoms with Gasteiger partial charge in [-0.05, 0) is 61.6 Å². The predicted molar refractivity (Wildman–Crippen MR) is 110 cm³/mol. The summed E-state index contributed by atoms with van der Waals surface area (Å²) >= 11 is 0. The lowest BCUT2D eigenvalue weighted by molar-refractivity contribution is 0.0963. The quantitative estimate of drug-likeness (QED) is 0.493. The number of nitrogens with one attached hydrogen (secondary N) is 3. The van der Waals surface area contributed by atoms with Crippen molar-refractivity contribution in [3.63, 3.8) is 0 Å². The van der Waals surface area contributed by atoms with E-state index in [-0.39, 0.29) is 5.91 Å². The molecule has 144 valence electrons. The van der Waals surface area contributed by atoms with E-state index < -0.39 is 0 Å². The maximum Gasteiger partial charge on any atom is 0.251 e. The van der Waals surface area contributed by atoms with Crippen LogP contribution in [0.25, 0.3) is 0 Å². The molecule has 2 rings (SSSR count). The molecule has 1 aromatic carbocycles.